The van der Waals surface area contributed by atoms with Crippen molar-refractivity contribution < 1.29 is 9.90 Å². The molecule has 1 amide bonds. The minimum absolute atomic E-state index is 0.417. The highest BCUT2D eigenvalue weighted by Gasteiger charge is 2.51. The second kappa shape index (κ2) is 7.15. The lowest BCUT2D eigenvalue weighted by atomic mass is 9.87. The topological polar surface area (TPSA) is 66.6 Å². The molecule has 30 heavy (non-hydrogen) atoms. The lowest BCUT2D eigenvalue weighted by Crippen LogP contribution is -2.39. The summed E-state index contributed by atoms with van der Waals surface area (Å²) in [7, 11) is 0. The van der Waals surface area contributed by atoms with Crippen LogP contribution >= 0.6 is 23.5 Å². The fraction of sp³-hybridized carbons (Fsp3) is 0.0417. The van der Waals surface area contributed by atoms with Crippen LogP contribution in [-0.2, 0) is 10.4 Å². The average Bonchev–Trinajstić information content (AvgIpc) is 3.01. The Morgan fingerprint density at radius 1 is 0.900 bits per heavy atom. The van der Waals surface area contributed by atoms with Crippen molar-refractivity contribution >= 4 is 51.6 Å². The summed E-state index contributed by atoms with van der Waals surface area (Å²) in [6.45, 7) is 0. The van der Waals surface area contributed by atoms with E-state index in [1.807, 2.05) is 48.5 Å². The average molecular weight is 433 g/mol. The fourth-order valence-electron chi connectivity index (χ4n) is 4.09. The molecule has 4 nitrogen and oxygen atoms in total. The van der Waals surface area contributed by atoms with Gasteiger partial charge in [-0.1, -0.05) is 60.1 Å². The van der Waals surface area contributed by atoms with Gasteiger partial charge in [0, 0.05) is 20.9 Å². The number of carbonyl (C=O) groups is 1. The van der Waals surface area contributed by atoms with E-state index in [1.165, 1.54) is 0 Å². The Balaban J connectivity index is 1.73. The van der Waals surface area contributed by atoms with Crippen LogP contribution in [0.4, 0.5) is 11.4 Å². The first-order valence-electron chi connectivity index (χ1n) is 9.36. The van der Waals surface area contributed by atoms with Gasteiger partial charge >= 0.3 is 0 Å². The Morgan fingerprint density at radius 3 is 2.40 bits per heavy atom. The summed E-state index contributed by atoms with van der Waals surface area (Å²) in [5, 5.41) is 19.8. The summed E-state index contributed by atoms with van der Waals surface area (Å²) >= 11 is 7.28. The molecule has 4 aromatic carbocycles. The van der Waals surface area contributed by atoms with Crippen LogP contribution < -0.4 is 10.0 Å². The number of para-hydroxylation sites is 1. The van der Waals surface area contributed by atoms with Crippen LogP contribution in [0.25, 0.3) is 10.8 Å². The molecule has 1 atom stereocenters. The van der Waals surface area contributed by atoms with E-state index in [0.717, 1.165) is 27.6 Å². The number of nitrogens with two attached hydrogens (primary N) is 1. The maximum absolute atomic E-state index is 13.8. The summed E-state index contributed by atoms with van der Waals surface area (Å²) in [6, 6.07) is 25.7. The van der Waals surface area contributed by atoms with E-state index in [0.29, 0.717) is 27.5 Å². The lowest BCUT2D eigenvalue weighted by Gasteiger charge is -2.24. The molecule has 0 saturated carbocycles. The molecule has 148 valence electrons. The quantitative estimate of drug-likeness (QED) is 0.427. The first kappa shape index (κ1) is 19.2. The van der Waals surface area contributed by atoms with Crippen LogP contribution in [0.15, 0.2) is 89.8 Å². The number of amides is 1. The monoisotopic (exact) mass is 432 g/mol. The molecule has 0 aromatic heterocycles. The normalized spacial score (nSPS) is 18.1. The molecule has 1 aliphatic heterocycles. The number of hydrogen-bond donors (Lipinski definition) is 2. The minimum Gasteiger partial charge on any atom is -0.372 e. The van der Waals surface area contributed by atoms with Gasteiger partial charge in [0.1, 0.15) is 0 Å². The van der Waals surface area contributed by atoms with Crippen LogP contribution in [-0.4, -0.2) is 11.0 Å². The number of halogens is 1. The van der Waals surface area contributed by atoms with Crippen LogP contribution in [0.2, 0.25) is 5.02 Å². The molecular weight excluding hydrogens is 416 g/mol. The third-order valence-electron chi connectivity index (χ3n) is 5.52. The molecule has 5 rings (SSSR count). The lowest BCUT2D eigenvalue weighted by molar-refractivity contribution is -0.131. The molecule has 0 spiro atoms. The van der Waals surface area contributed by atoms with E-state index in [1.54, 1.807) is 41.3 Å². The second-order valence-corrected chi connectivity index (χ2v) is 8.30. The number of anilines is 2. The summed E-state index contributed by atoms with van der Waals surface area (Å²) in [5.41, 5.74) is 0.622. The molecule has 1 unspecified atom stereocenters. The van der Waals surface area contributed by atoms with E-state index in [-0.39, 0.29) is 0 Å². The van der Waals surface area contributed by atoms with E-state index in [2.05, 4.69) is 0 Å². The third-order valence-corrected chi connectivity index (χ3v) is 6.30. The van der Waals surface area contributed by atoms with Crippen LogP contribution in [0.5, 0.6) is 0 Å². The maximum atomic E-state index is 13.8. The molecule has 4 aromatic rings. The predicted octanol–water partition coefficient (Wildman–Crippen LogP) is 5.37. The maximum Gasteiger partial charge on any atom is 0.273 e. The fourth-order valence-corrected chi connectivity index (χ4v) is 4.56. The number of aliphatic hydroxyl groups is 1. The van der Waals surface area contributed by atoms with Crippen LogP contribution in [0, 0.1) is 0 Å². The predicted molar refractivity (Wildman–Crippen MR) is 122 cm³/mol. The highest BCUT2D eigenvalue weighted by Crippen LogP contribution is 2.49. The highest BCUT2D eigenvalue weighted by molar-refractivity contribution is 7.97. The highest BCUT2D eigenvalue weighted by atomic mass is 35.5. The Labute approximate surface area is 183 Å². The standard InChI is InChI=1S/C24H17ClN2O2S/c25-17-10-13-19-15(14-17)4-3-7-21(19)27-22-6-2-1-5-20(22)24(29,23(27)28)16-8-11-18(30-26)12-9-16/h1-14,29H,26H2. The van der Waals surface area contributed by atoms with Crippen molar-refractivity contribution in [3.05, 3.63) is 101 Å². The number of nitrogens with zero attached hydrogens (tertiary/aromatic N) is 1. The van der Waals surface area contributed by atoms with Gasteiger partial charge in [0.15, 0.2) is 5.60 Å². The van der Waals surface area contributed by atoms with Gasteiger partial charge in [0.25, 0.3) is 5.91 Å². The zero-order valence-electron chi connectivity index (χ0n) is 15.7. The number of rotatable bonds is 3. The van der Waals surface area contributed by atoms with E-state index >= 15 is 0 Å². The molecular formula is C24H17ClN2O2S. The largest absolute Gasteiger partial charge is 0.372 e. The molecule has 1 heterocycles. The zero-order valence-corrected chi connectivity index (χ0v) is 17.3. The summed E-state index contributed by atoms with van der Waals surface area (Å²) in [5.74, 6) is -0.417. The van der Waals surface area contributed by atoms with Crippen molar-refractivity contribution in [2.45, 2.75) is 10.5 Å². The first-order chi connectivity index (χ1) is 14.5. The molecule has 6 heteroatoms. The van der Waals surface area contributed by atoms with Gasteiger partial charge in [-0.15, -0.1) is 0 Å². The van der Waals surface area contributed by atoms with Crippen molar-refractivity contribution in [3.63, 3.8) is 0 Å². The van der Waals surface area contributed by atoms with Gasteiger partial charge in [-0.05, 0) is 59.3 Å². The number of fused-ring (bicyclic) bond motifs is 2. The Morgan fingerprint density at radius 2 is 1.63 bits per heavy atom. The van der Waals surface area contributed by atoms with E-state index in [4.69, 9.17) is 16.7 Å². The van der Waals surface area contributed by atoms with Crippen LogP contribution in [0.3, 0.4) is 0 Å². The van der Waals surface area contributed by atoms with Crippen molar-refractivity contribution in [3.8, 4) is 0 Å². The minimum atomic E-state index is -1.79. The first-order valence-corrected chi connectivity index (χ1v) is 10.6. The molecule has 0 radical (unpaired) electrons. The molecule has 1 aliphatic rings. The Bertz CT molecular complexity index is 1290. The molecule has 3 N–H and O–H groups in total. The zero-order chi connectivity index (χ0) is 20.9. The molecule has 0 bridgehead atoms. The van der Waals surface area contributed by atoms with Crippen molar-refractivity contribution in [2.75, 3.05) is 4.90 Å². The Kier molecular flexibility index (Phi) is 4.56. The molecule has 0 aliphatic carbocycles. The van der Waals surface area contributed by atoms with Crippen molar-refractivity contribution in [2.24, 2.45) is 5.14 Å². The van der Waals surface area contributed by atoms with Crippen molar-refractivity contribution in [1.29, 1.82) is 0 Å². The SMILES string of the molecule is NSc1ccc(C2(O)C(=O)N(c3cccc4cc(Cl)ccc34)c3ccccc32)cc1. The third kappa shape index (κ3) is 2.75. The van der Waals surface area contributed by atoms with Crippen LogP contribution in [0.1, 0.15) is 11.1 Å². The van der Waals surface area contributed by atoms with Gasteiger partial charge in [-0.2, -0.15) is 0 Å². The number of benzene rings is 4. The van der Waals surface area contributed by atoms with Gasteiger partial charge in [-0.25, -0.2) is 0 Å². The van der Waals surface area contributed by atoms with Gasteiger partial charge in [0.05, 0.1) is 11.4 Å². The number of carbonyl (C=O) groups excluding carboxylic acids is 1. The Hall–Kier alpha value is -2.83. The van der Waals surface area contributed by atoms with E-state index < -0.39 is 11.5 Å². The smallest absolute Gasteiger partial charge is 0.273 e. The molecule has 0 fully saturated rings. The van der Waals surface area contributed by atoms with E-state index in [9.17, 15) is 9.90 Å². The number of hydrogen-bond acceptors (Lipinski definition) is 4. The summed E-state index contributed by atoms with van der Waals surface area (Å²) in [4.78, 5) is 16.2. The molecule has 0 saturated heterocycles. The summed E-state index contributed by atoms with van der Waals surface area (Å²) < 4.78 is 0. The van der Waals surface area contributed by atoms with Crippen molar-refractivity contribution in [1.82, 2.24) is 0 Å². The van der Waals surface area contributed by atoms with Gasteiger partial charge < -0.3 is 5.11 Å². The van der Waals surface area contributed by atoms with Gasteiger partial charge in [-0.3, -0.25) is 14.8 Å². The summed E-state index contributed by atoms with van der Waals surface area (Å²) in [6.07, 6.45) is 0. The second-order valence-electron chi connectivity index (χ2n) is 7.15. The van der Waals surface area contributed by atoms with Gasteiger partial charge in [0.2, 0.25) is 0 Å².